The van der Waals surface area contributed by atoms with Crippen molar-refractivity contribution >= 4 is 58.7 Å². The predicted molar refractivity (Wildman–Crippen MR) is 139 cm³/mol. The van der Waals surface area contributed by atoms with E-state index in [9.17, 15) is 4.57 Å². The number of phosphoric ester groups is 1. The van der Waals surface area contributed by atoms with Gasteiger partial charge in [-0.25, -0.2) is 9.55 Å². The molecule has 0 aliphatic carbocycles. The van der Waals surface area contributed by atoms with Gasteiger partial charge in [0.2, 0.25) is 5.95 Å². The Kier molecular flexibility index (Phi) is 7.14. The number of phosphoric acid groups is 1. The number of imidazole rings is 1. The Morgan fingerprint density at radius 3 is 2.86 bits per heavy atom. The number of benzene rings is 1. The standard InChI is InChI=1S/C21H24N5O6PS3/c22-21-24-19-18(20(34)25-21)23-11-26(19)17-6-13-14(30-17)8-29-33(27,31-13)32-16-10-36-35-9-15(16)28-7-12-4-2-1-3-5-12/h1-5,11,13-17H,6-10H2,(H3,22,24,25,34)/t13-,14+,15-,16+,17+,33?/m0/s1. The molecule has 3 N–H and O–H groups in total. The molecule has 3 aliphatic heterocycles. The summed E-state index contributed by atoms with van der Waals surface area (Å²) in [6.07, 6.45) is 0.0263. The van der Waals surface area contributed by atoms with Gasteiger partial charge < -0.3 is 20.2 Å². The number of hydrogen-bond acceptors (Lipinski definition) is 12. The lowest BCUT2D eigenvalue weighted by Crippen LogP contribution is -2.40. The van der Waals surface area contributed by atoms with Gasteiger partial charge in [0.15, 0.2) is 5.65 Å². The fourth-order valence-corrected chi connectivity index (χ4v) is 8.73. The van der Waals surface area contributed by atoms with Crippen molar-refractivity contribution in [1.82, 2.24) is 19.5 Å². The van der Waals surface area contributed by atoms with E-state index in [2.05, 4.69) is 15.0 Å². The van der Waals surface area contributed by atoms with Crippen molar-refractivity contribution in [2.24, 2.45) is 0 Å². The van der Waals surface area contributed by atoms with Crippen LogP contribution in [-0.2, 0) is 34.2 Å². The maximum Gasteiger partial charge on any atom is 0.475 e. The first-order valence-electron chi connectivity index (χ1n) is 11.4. The van der Waals surface area contributed by atoms with Crippen LogP contribution in [-0.4, -0.2) is 62.0 Å². The summed E-state index contributed by atoms with van der Waals surface area (Å²) in [5, 5.41) is 0. The molecule has 0 amide bonds. The molecular weight excluding hydrogens is 545 g/mol. The molecule has 3 aliphatic rings. The second-order valence-corrected chi connectivity index (χ2v) is 13.1. The summed E-state index contributed by atoms with van der Waals surface area (Å²) in [6, 6.07) is 9.92. The van der Waals surface area contributed by atoms with E-state index in [1.807, 2.05) is 30.3 Å². The molecule has 3 aromatic rings. The van der Waals surface area contributed by atoms with E-state index in [1.165, 1.54) is 0 Å². The van der Waals surface area contributed by atoms with Gasteiger partial charge in [-0.1, -0.05) is 64.1 Å². The highest BCUT2D eigenvalue weighted by Crippen LogP contribution is 2.58. The van der Waals surface area contributed by atoms with Crippen LogP contribution in [0.5, 0.6) is 0 Å². The first-order valence-corrected chi connectivity index (χ1v) is 15.7. The SMILES string of the molecule is Nc1nc2c(ncn2[C@H]2C[C@@H]3OP(=O)(O[C@@H]4CSSC[C@@H]4OCc4ccccc4)OC[C@H]3O2)c(=S)[nH]1. The normalized spacial score (nSPS) is 32.5. The van der Waals surface area contributed by atoms with Gasteiger partial charge in [0, 0.05) is 17.9 Å². The highest BCUT2D eigenvalue weighted by molar-refractivity contribution is 8.76. The number of hydrogen-bond donors (Lipinski definition) is 2. The molecule has 1 unspecified atom stereocenters. The highest BCUT2D eigenvalue weighted by Gasteiger charge is 2.49. The van der Waals surface area contributed by atoms with Crippen LogP contribution < -0.4 is 5.73 Å². The highest BCUT2D eigenvalue weighted by atomic mass is 33.1. The number of aromatic amines is 1. The molecule has 36 heavy (non-hydrogen) atoms. The molecule has 15 heteroatoms. The third-order valence-corrected chi connectivity index (χ3v) is 10.4. The van der Waals surface area contributed by atoms with Gasteiger partial charge >= 0.3 is 7.82 Å². The Morgan fingerprint density at radius 1 is 1.22 bits per heavy atom. The van der Waals surface area contributed by atoms with Crippen LogP contribution in [0.4, 0.5) is 5.95 Å². The van der Waals surface area contributed by atoms with Crippen molar-refractivity contribution in [1.29, 1.82) is 0 Å². The maximum absolute atomic E-state index is 13.5. The number of rotatable bonds is 6. The summed E-state index contributed by atoms with van der Waals surface area (Å²) < 4.78 is 45.4. The molecule has 6 atom stereocenters. The summed E-state index contributed by atoms with van der Waals surface area (Å²) >= 11 is 5.29. The second-order valence-electron chi connectivity index (χ2n) is 8.57. The van der Waals surface area contributed by atoms with Gasteiger partial charge in [0.25, 0.3) is 0 Å². The average molecular weight is 570 g/mol. The number of nitrogens with one attached hydrogen (secondary N) is 1. The number of anilines is 1. The van der Waals surface area contributed by atoms with Crippen LogP contribution in [0, 0.1) is 4.64 Å². The molecule has 5 heterocycles. The number of aromatic nitrogens is 4. The van der Waals surface area contributed by atoms with Crippen LogP contribution in [0.1, 0.15) is 18.2 Å². The van der Waals surface area contributed by atoms with E-state index in [4.69, 9.17) is 41.0 Å². The molecule has 11 nitrogen and oxygen atoms in total. The van der Waals surface area contributed by atoms with Gasteiger partial charge in [-0.05, 0) is 5.56 Å². The monoisotopic (exact) mass is 569 g/mol. The lowest BCUT2D eigenvalue weighted by molar-refractivity contribution is -0.0850. The molecule has 0 radical (unpaired) electrons. The van der Waals surface area contributed by atoms with Crippen LogP contribution in [0.15, 0.2) is 36.7 Å². The molecule has 3 fully saturated rings. The van der Waals surface area contributed by atoms with Crippen molar-refractivity contribution < 1.29 is 27.6 Å². The minimum absolute atomic E-state index is 0.0882. The number of nitrogens with zero attached hydrogens (tertiary/aromatic N) is 3. The number of nitrogen functional groups attached to an aromatic ring is 1. The molecule has 2 aromatic heterocycles. The fourth-order valence-electron chi connectivity index (χ4n) is 4.34. The molecule has 0 saturated carbocycles. The minimum atomic E-state index is -3.82. The predicted octanol–water partition coefficient (Wildman–Crippen LogP) is 4.25. The van der Waals surface area contributed by atoms with Crippen molar-refractivity contribution in [2.45, 2.75) is 43.7 Å². The Bertz CT molecular complexity index is 1340. The van der Waals surface area contributed by atoms with E-state index in [-0.39, 0.29) is 18.7 Å². The molecule has 1 aromatic carbocycles. The van der Waals surface area contributed by atoms with E-state index in [1.54, 1.807) is 32.5 Å². The van der Waals surface area contributed by atoms with Gasteiger partial charge in [0.1, 0.15) is 34.7 Å². The van der Waals surface area contributed by atoms with E-state index < -0.39 is 32.4 Å². The van der Waals surface area contributed by atoms with E-state index in [0.717, 1.165) is 5.56 Å². The molecule has 0 bridgehead atoms. The Morgan fingerprint density at radius 2 is 2.03 bits per heavy atom. The number of H-pyrrole nitrogens is 1. The summed E-state index contributed by atoms with van der Waals surface area (Å²) in [5.41, 5.74) is 7.93. The van der Waals surface area contributed by atoms with Crippen LogP contribution in [0.25, 0.3) is 11.2 Å². The van der Waals surface area contributed by atoms with Gasteiger partial charge in [-0.3, -0.25) is 18.1 Å². The Balaban J connectivity index is 1.12. The Labute approximate surface area is 219 Å². The van der Waals surface area contributed by atoms with Gasteiger partial charge in [0.05, 0.1) is 25.6 Å². The van der Waals surface area contributed by atoms with Gasteiger partial charge in [-0.15, -0.1) is 0 Å². The van der Waals surface area contributed by atoms with Crippen LogP contribution in [0.2, 0.25) is 0 Å². The van der Waals surface area contributed by atoms with Crippen molar-refractivity contribution in [3.63, 3.8) is 0 Å². The first-order chi connectivity index (χ1) is 17.5. The molecule has 6 rings (SSSR count). The minimum Gasteiger partial charge on any atom is -0.370 e. The lowest BCUT2D eigenvalue weighted by Gasteiger charge is -2.35. The largest absolute Gasteiger partial charge is 0.475 e. The third kappa shape index (κ3) is 5.11. The second kappa shape index (κ2) is 10.4. The van der Waals surface area contributed by atoms with Crippen molar-refractivity contribution in [3.05, 3.63) is 46.9 Å². The van der Waals surface area contributed by atoms with E-state index in [0.29, 0.717) is 40.3 Å². The zero-order valence-electron chi connectivity index (χ0n) is 18.9. The molecule has 3 saturated heterocycles. The average Bonchev–Trinajstić information content (AvgIpc) is 3.47. The zero-order chi connectivity index (χ0) is 24.7. The molecule has 0 spiro atoms. The fraction of sp³-hybridized carbons (Fsp3) is 0.476. The summed E-state index contributed by atoms with van der Waals surface area (Å²) in [4.78, 5) is 11.4. The summed E-state index contributed by atoms with van der Waals surface area (Å²) in [6.45, 7) is 0.537. The zero-order valence-corrected chi connectivity index (χ0v) is 22.3. The first kappa shape index (κ1) is 24.8. The quantitative estimate of drug-likeness (QED) is 0.250. The summed E-state index contributed by atoms with van der Waals surface area (Å²) in [5.74, 6) is 1.52. The maximum atomic E-state index is 13.5. The summed E-state index contributed by atoms with van der Waals surface area (Å²) in [7, 11) is -0.456. The lowest BCUT2D eigenvalue weighted by atomic mass is 10.2. The third-order valence-electron chi connectivity index (χ3n) is 6.14. The van der Waals surface area contributed by atoms with Crippen molar-refractivity contribution in [3.8, 4) is 0 Å². The van der Waals surface area contributed by atoms with Crippen LogP contribution in [0.3, 0.4) is 0 Å². The van der Waals surface area contributed by atoms with Crippen molar-refractivity contribution in [2.75, 3.05) is 23.8 Å². The number of fused-ring (bicyclic) bond motifs is 2. The smallest absolute Gasteiger partial charge is 0.370 e. The van der Waals surface area contributed by atoms with Gasteiger partial charge in [-0.2, -0.15) is 4.98 Å². The molecular formula is C21H24N5O6PS3. The number of ether oxygens (including phenoxy) is 2. The van der Waals surface area contributed by atoms with Crippen LogP contribution >= 0.6 is 41.6 Å². The van der Waals surface area contributed by atoms with E-state index >= 15 is 0 Å². The topological polar surface area (TPSA) is 136 Å². The molecule has 192 valence electrons. The Hall–Kier alpha value is -1.48. The number of nitrogens with two attached hydrogens (primary N) is 1.